The van der Waals surface area contributed by atoms with Gasteiger partial charge in [0.05, 0.1) is 0 Å². The monoisotopic (exact) mass is 580 g/mol. The van der Waals surface area contributed by atoms with Gasteiger partial charge in [0, 0.05) is 24.2 Å². The summed E-state index contributed by atoms with van der Waals surface area (Å²) in [5.41, 5.74) is 16.0. The van der Waals surface area contributed by atoms with Crippen LogP contribution in [0.25, 0.3) is 22.3 Å². The highest BCUT2D eigenvalue weighted by Crippen LogP contribution is 2.68. The van der Waals surface area contributed by atoms with Crippen molar-refractivity contribution in [2.24, 2.45) is 0 Å². The second-order valence-electron chi connectivity index (χ2n) is 12.5. The molecule has 1 nitrogen and oxygen atoms in total. The van der Waals surface area contributed by atoms with Gasteiger partial charge in [0.2, 0.25) is 0 Å². The molecule has 0 amide bonds. The lowest BCUT2D eigenvalue weighted by Crippen LogP contribution is -2.26. The Morgan fingerprint density at radius 2 is 0.884 bits per heavy atom. The van der Waals surface area contributed by atoms with Gasteiger partial charge in [-0.3, -0.25) is 4.79 Å². The molecule has 2 atom stereocenters. The van der Waals surface area contributed by atoms with Gasteiger partial charge in [0.15, 0.2) is 0 Å². The molecule has 43 heavy (non-hydrogen) atoms. The summed E-state index contributed by atoms with van der Waals surface area (Å²) in [5, 5.41) is 1.44. The lowest BCUT2D eigenvalue weighted by atomic mass is 9.89. The van der Waals surface area contributed by atoms with Gasteiger partial charge in [0.1, 0.15) is 5.78 Å². The van der Waals surface area contributed by atoms with Gasteiger partial charge < -0.3 is 0 Å². The fraction of sp³-hybridized carbons (Fsp3) is 0.244. The molecule has 1 aliphatic heterocycles. The van der Waals surface area contributed by atoms with Crippen LogP contribution in [0.15, 0.2) is 103 Å². The number of aryl methyl sites for hydroxylation is 6. The lowest BCUT2D eigenvalue weighted by molar-refractivity contribution is -0.119. The van der Waals surface area contributed by atoms with Gasteiger partial charge in [-0.25, -0.2) is 0 Å². The van der Waals surface area contributed by atoms with E-state index in [2.05, 4.69) is 145 Å². The van der Waals surface area contributed by atoms with Crippen LogP contribution < -0.4 is 5.30 Å². The average molecular weight is 581 g/mol. The Hall–Kier alpha value is -3.80. The van der Waals surface area contributed by atoms with Gasteiger partial charge in [-0.05, 0) is 102 Å². The molecule has 1 fully saturated rings. The number of Topliss-reactive ketones (excluding diaryl/α,β-unsaturated/α-hetero) is 1. The number of hydrogen-bond acceptors (Lipinski definition) is 1. The van der Waals surface area contributed by atoms with Gasteiger partial charge in [-0.15, -0.1) is 0 Å². The molecule has 0 aromatic heterocycles. The molecule has 2 unspecified atom stereocenters. The van der Waals surface area contributed by atoms with Crippen LogP contribution in [0.4, 0.5) is 0 Å². The summed E-state index contributed by atoms with van der Waals surface area (Å²) in [7, 11) is -0.847. The molecule has 2 heteroatoms. The summed E-state index contributed by atoms with van der Waals surface area (Å²) < 4.78 is 0. The summed E-state index contributed by atoms with van der Waals surface area (Å²) in [6.07, 6.45) is 1.18. The normalized spacial score (nSPS) is 18.6. The first-order chi connectivity index (χ1) is 20.7. The van der Waals surface area contributed by atoms with Crippen LogP contribution in [0.1, 0.15) is 68.7 Å². The highest BCUT2D eigenvalue weighted by molar-refractivity contribution is 7.67. The minimum atomic E-state index is -0.847. The Morgan fingerprint density at radius 3 is 1.26 bits per heavy atom. The van der Waals surface area contributed by atoms with Crippen LogP contribution in [0, 0.1) is 41.5 Å². The molecule has 1 aliphatic rings. The summed E-state index contributed by atoms with van der Waals surface area (Å²) in [4.78, 5) is 13.6. The van der Waals surface area contributed by atoms with Crippen molar-refractivity contribution in [3.63, 3.8) is 0 Å². The molecular formula is C41H41OP. The van der Waals surface area contributed by atoms with Crippen LogP contribution in [0.5, 0.6) is 0 Å². The molecule has 0 spiro atoms. The van der Waals surface area contributed by atoms with Crippen molar-refractivity contribution in [2.75, 3.05) is 0 Å². The van der Waals surface area contributed by atoms with E-state index in [1.165, 1.54) is 72.1 Å². The fourth-order valence-corrected chi connectivity index (χ4v) is 11.4. The molecular weight excluding hydrogens is 539 g/mol. The van der Waals surface area contributed by atoms with Crippen LogP contribution >= 0.6 is 7.92 Å². The highest BCUT2D eigenvalue weighted by Gasteiger charge is 2.42. The molecule has 0 aliphatic carbocycles. The molecule has 216 valence electrons. The van der Waals surface area contributed by atoms with Crippen LogP contribution in [0.2, 0.25) is 0 Å². The molecule has 6 rings (SSSR count). The number of carbonyl (C=O) groups is 1. The fourth-order valence-electron chi connectivity index (χ4n) is 7.58. The van der Waals surface area contributed by atoms with Crippen molar-refractivity contribution < 1.29 is 4.79 Å². The maximum atomic E-state index is 13.6. The number of carbonyl (C=O) groups excluding carboxylic acids is 1. The van der Waals surface area contributed by atoms with E-state index in [9.17, 15) is 4.79 Å². The van der Waals surface area contributed by atoms with Crippen LogP contribution in [-0.4, -0.2) is 5.78 Å². The molecule has 0 radical (unpaired) electrons. The Bertz CT molecular complexity index is 1630. The summed E-state index contributed by atoms with van der Waals surface area (Å²) in [5.74, 6) is 0.367. The van der Waals surface area contributed by atoms with E-state index < -0.39 is 7.92 Å². The summed E-state index contributed by atoms with van der Waals surface area (Å²) in [6.45, 7) is 13.4. The number of rotatable bonds is 5. The van der Waals surface area contributed by atoms with E-state index in [0.29, 0.717) is 18.6 Å². The Kier molecular flexibility index (Phi) is 8.21. The third kappa shape index (κ3) is 5.64. The minimum absolute atomic E-state index is 0.139. The lowest BCUT2D eigenvalue weighted by Gasteiger charge is -2.41. The van der Waals surface area contributed by atoms with E-state index in [1.54, 1.807) is 0 Å². The Morgan fingerprint density at radius 1 is 0.512 bits per heavy atom. The van der Waals surface area contributed by atoms with Crippen LogP contribution in [0.3, 0.4) is 0 Å². The number of benzene rings is 5. The van der Waals surface area contributed by atoms with E-state index in [-0.39, 0.29) is 11.3 Å². The maximum absolute atomic E-state index is 13.6. The third-order valence-corrected chi connectivity index (χ3v) is 12.4. The van der Waals surface area contributed by atoms with E-state index in [1.807, 2.05) is 0 Å². The second kappa shape index (κ2) is 12.1. The number of ketones is 1. The molecule has 5 aromatic carbocycles. The third-order valence-electron chi connectivity index (χ3n) is 9.07. The van der Waals surface area contributed by atoms with Crippen molar-refractivity contribution in [3.8, 4) is 22.3 Å². The zero-order valence-corrected chi connectivity index (χ0v) is 27.1. The van der Waals surface area contributed by atoms with Gasteiger partial charge in [-0.1, -0.05) is 122 Å². The quantitative estimate of drug-likeness (QED) is 0.189. The van der Waals surface area contributed by atoms with Crippen molar-refractivity contribution in [1.29, 1.82) is 0 Å². The SMILES string of the molecule is Cc1cc(C)c(-c2cccc(-c3c(C)cc(C)cc3C)c2P2C(c3ccccc3)CC(=O)CC2c2ccccc2)c(C)c1. The van der Waals surface area contributed by atoms with Gasteiger partial charge in [0.25, 0.3) is 0 Å². The second-order valence-corrected chi connectivity index (χ2v) is 15.0. The number of hydrogen-bond donors (Lipinski definition) is 0. The predicted molar refractivity (Wildman–Crippen MR) is 185 cm³/mol. The molecule has 1 saturated heterocycles. The molecule has 1 heterocycles. The topological polar surface area (TPSA) is 17.1 Å². The van der Waals surface area contributed by atoms with Crippen molar-refractivity contribution in [3.05, 3.63) is 148 Å². The standard InChI is InChI=1S/C41H41OP/c1-26-20-28(3)39(29(4)21-26)35-18-13-19-36(40-30(5)22-27(2)23-31(40)6)41(35)43-37(32-14-9-7-10-15-32)24-34(42)25-38(43)33-16-11-8-12-17-33/h7-23,37-38H,24-25H2,1-6H3. The zero-order valence-electron chi connectivity index (χ0n) is 26.2. The molecule has 0 bridgehead atoms. The van der Waals surface area contributed by atoms with Crippen molar-refractivity contribution >= 4 is 19.0 Å². The van der Waals surface area contributed by atoms with Crippen molar-refractivity contribution in [1.82, 2.24) is 0 Å². The molecule has 0 N–H and O–H groups in total. The van der Waals surface area contributed by atoms with E-state index >= 15 is 0 Å². The summed E-state index contributed by atoms with van der Waals surface area (Å²) in [6, 6.07) is 37.9. The van der Waals surface area contributed by atoms with Gasteiger partial charge in [-0.2, -0.15) is 0 Å². The average Bonchev–Trinajstić information content (AvgIpc) is 2.97. The minimum Gasteiger partial charge on any atom is -0.300 e. The largest absolute Gasteiger partial charge is 0.300 e. The van der Waals surface area contributed by atoms with Crippen molar-refractivity contribution in [2.45, 2.75) is 65.7 Å². The Balaban J connectivity index is 1.74. The molecule has 5 aromatic rings. The highest BCUT2D eigenvalue weighted by atomic mass is 31.1. The van der Waals surface area contributed by atoms with Crippen LogP contribution in [-0.2, 0) is 4.79 Å². The predicted octanol–water partition coefficient (Wildman–Crippen LogP) is 10.8. The first kappa shape index (κ1) is 29.3. The van der Waals surface area contributed by atoms with Gasteiger partial charge >= 0.3 is 0 Å². The molecule has 0 saturated carbocycles. The first-order valence-corrected chi connectivity index (χ1v) is 16.9. The summed E-state index contributed by atoms with van der Waals surface area (Å²) >= 11 is 0. The maximum Gasteiger partial charge on any atom is 0.134 e. The van der Waals surface area contributed by atoms with E-state index in [0.717, 1.165) is 0 Å². The zero-order chi connectivity index (χ0) is 30.2. The van der Waals surface area contributed by atoms with E-state index in [4.69, 9.17) is 0 Å². The first-order valence-electron chi connectivity index (χ1n) is 15.4. The smallest absolute Gasteiger partial charge is 0.134 e. The Labute approximate surface area is 258 Å².